The van der Waals surface area contributed by atoms with Gasteiger partial charge in [-0.15, -0.1) is 11.3 Å². The number of carbonyl (C=O) groups is 2. The van der Waals surface area contributed by atoms with E-state index in [-0.39, 0.29) is 17.8 Å². The molecule has 1 aliphatic heterocycles. The molecular formula is C25H27NO4S. The molecule has 0 spiro atoms. The minimum absolute atomic E-state index is 0.0431. The number of methoxy groups -OCH3 is 1. The maximum atomic E-state index is 13.5. The van der Waals surface area contributed by atoms with Gasteiger partial charge < -0.3 is 14.8 Å². The predicted octanol–water partition coefficient (Wildman–Crippen LogP) is 4.93. The van der Waals surface area contributed by atoms with Crippen LogP contribution in [0.25, 0.3) is 0 Å². The number of esters is 1. The second-order valence-corrected chi connectivity index (χ2v) is 9.21. The summed E-state index contributed by atoms with van der Waals surface area (Å²) in [5.74, 6) is -0.534. The molecule has 2 aromatic rings. The number of thiophene rings is 1. The number of hydrogen-bond acceptors (Lipinski definition) is 6. The van der Waals surface area contributed by atoms with Crippen LogP contribution in [0.3, 0.4) is 0 Å². The first-order valence-electron chi connectivity index (χ1n) is 10.5. The fraction of sp³-hybridized carbons (Fsp3) is 0.360. The summed E-state index contributed by atoms with van der Waals surface area (Å²) in [7, 11) is 1.61. The number of ether oxygens (including phenoxy) is 2. The third-order valence-corrected chi connectivity index (χ3v) is 6.81. The Hall–Kier alpha value is -2.86. The van der Waals surface area contributed by atoms with Crippen molar-refractivity contribution < 1.29 is 19.1 Å². The van der Waals surface area contributed by atoms with Crippen LogP contribution in [0.5, 0.6) is 5.75 Å². The van der Waals surface area contributed by atoms with Crippen molar-refractivity contribution in [2.75, 3.05) is 7.11 Å². The van der Waals surface area contributed by atoms with Crippen molar-refractivity contribution in [3.05, 3.63) is 75.3 Å². The lowest BCUT2D eigenvalue weighted by Crippen LogP contribution is -2.42. The zero-order valence-corrected chi connectivity index (χ0v) is 19.0. The van der Waals surface area contributed by atoms with E-state index in [1.807, 2.05) is 56.5 Å². The largest absolute Gasteiger partial charge is 0.496 e. The number of allylic oxidation sites excluding steroid dienone is 3. The smallest absolute Gasteiger partial charge is 0.336 e. The fourth-order valence-corrected chi connectivity index (χ4v) is 5.36. The number of nitrogens with one attached hydrogen (secondary N) is 1. The number of rotatable bonds is 5. The molecule has 1 aromatic heterocycles. The average Bonchev–Trinajstić information content (AvgIpc) is 3.27. The minimum atomic E-state index is -0.481. The molecule has 1 aliphatic carbocycles. The van der Waals surface area contributed by atoms with Gasteiger partial charge in [-0.3, -0.25) is 4.79 Å². The first-order valence-corrected chi connectivity index (χ1v) is 11.4. The van der Waals surface area contributed by atoms with Crippen LogP contribution in [0.4, 0.5) is 0 Å². The SMILES string of the molecule is COc1ccccc1C1C(C(=O)OC(C)C)=C(C)NC2=CC(c3cccs3)CC(=O)C21. The molecule has 5 nitrogen and oxygen atoms in total. The maximum absolute atomic E-state index is 13.5. The molecule has 162 valence electrons. The quantitative estimate of drug-likeness (QED) is 0.672. The highest BCUT2D eigenvalue weighted by molar-refractivity contribution is 7.10. The summed E-state index contributed by atoms with van der Waals surface area (Å²) in [5, 5.41) is 5.39. The molecule has 0 radical (unpaired) electrons. The third kappa shape index (κ3) is 4.04. The topological polar surface area (TPSA) is 64.6 Å². The number of benzene rings is 1. The molecule has 2 aliphatic rings. The summed E-state index contributed by atoms with van der Waals surface area (Å²) in [6.45, 7) is 5.52. The standard InChI is InChI=1S/C25H27NO4S/c1-14(2)30-25(28)22-15(3)26-18-12-16(21-10-7-11-31-21)13-19(27)24(18)23(22)17-8-5-6-9-20(17)29-4/h5-12,14,16,23-24,26H,13H2,1-4H3. The Balaban J connectivity index is 1.86. The summed E-state index contributed by atoms with van der Waals surface area (Å²) in [6.07, 6.45) is 2.30. The van der Waals surface area contributed by atoms with Crippen molar-refractivity contribution in [2.24, 2.45) is 5.92 Å². The van der Waals surface area contributed by atoms with Gasteiger partial charge in [0.1, 0.15) is 11.5 Å². The van der Waals surface area contributed by atoms with Crippen molar-refractivity contribution >= 4 is 23.1 Å². The molecule has 0 saturated heterocycles. The Labute approximate surface area is 186 Å². The third-order valence-electron chi connectivity index (χ3n) is 5.81. The molecule has 1 N–H and O–H groups in total. The number of fused-ring (bicyclic) bond motifs is 1. The molecular weight excluding hydrogens is 410 g/mol. The number of hydrogen-bond donors (Lipinski definition) is 1. The van der Waals surface area contributed by atoms with Gasteiger partial charge in [0.05, 0.1) is 24.7 Å². The van der Waals surface area contributed by atoms with E-state index >= 15 is 0 Å². The van der Waals surface area contributed by atoms with Crippen LogP contribution in [0.2, 0.25) is 0 Å². The van der Waals surface area contributed by atoms with Crippen LogP contribution in [0.15, 0.2) is 64.8 Å². The van der Waals surface area contributed by atoms with Gasteiger partial charge in [-0.25, -0.2) is 4.79 Å². The van der Waals surface area contributed by atoms with E-state index in [4.69, 9.17) is 9.47 Å². The summed E-state index contributed by atoms with van der Waals surface area (Å²) < 4.78 is 11.2. The van der Waals surface area contributed by atoms with Crippen molar-refractivity contribution in [1.82, 2.24) is 5.32 Å². The number of para-hydroxylation sites is 1. The lowest BCUT2D eigenvalue weighted by molar-refractivity contribution is -0.143. The van der Waals surface area contributed by atoms with Crippen LogP contribution in [-0.4, -0.2) is 25.0 Å². The maximum Gasteiger partial charge on any atom is 0.336 e. The van der Waals surface area contributed by atoms with E-state index in [1.54, 1.807) is 18.4 Å². The summed E-state index contributed by atoms with van der Waals surface area (Å²) in [5.41, 5.74) is 2.87. The van der Waals surface area contributed by atoms with Gasteiger partial charge in [-0.05, 0) is 38.3 Å². The Morgan fingerprint density at radius 2 is 1.94 bits per heavy atom. The normalized spacial score (nSPS) is 23.2. The van der Waals surface area contributed by atoms with Crippen molar-refractivity contribution in [1.29, 1.82) is 0 Å². The van der Waals surface area contributed by atoms with Crippen molar-refractivity contribution in [2.45, 2.75) is 45.1 Å². The Morgan fingerprint density at radius 3 is 2.61 bits per heavy atom. The molecule has 6 heteroatoms. The molecule has 3 atom stereocenters. The first-order chi connectivity index (χ1) is 14.9. The number of Topliss-reactive ketones (excluding diaryl/α,β-unsaturated/α-hetero) is 1. The highest BCUT2D eigenvalue weighted by atomic mass is 32.1. The molecule has 0 bridgehead atoms. The van der Waals surface area contributed by atoms with Gasteiger partial charge in [-0.2, -0.15) is 0 Å². The Kier molecular flexibility index (Phi) is 6.01. The molecule has 0 saturated carbocycles. The lowest BCUT2D eigenvalue weighted by atomic mass is 9.69. The molecule has 3 unspecified atom stereocenters. The van der Waals surface area contributed by atoms with Gasteiger partial charge in [0.2, 0.25) is 0 Å². The van der Waals surface area contributed by atoms with Crippen LogP contribution in [0.1, 0.15) is 49.5 Å². The zero-order valence-electron chi connectivity index (χ0n) is 18.2. The van der Waals surface area contributed by atoms with Gasteiger partial charge in [0.25, 0.3) is 0 Å². The van der Waals surface area contributed by atoms with E-state index in [0.29, 0.717) is 23.4 Å². The highest BCUT2D eigenvalue weighted by Crippen LogP contribution is 2.48. The van der Waals surface area contributed by atoms with E-state index in [9.17, 15) is 9.59 Å². The second-order valence-electron chi connectivity index (χ2n) is 8.23. The van der Waals surface area contributed by atoms with Gasteiger partial charge >= 0.3 is 5.97 Å². The zero-order chi connectivity index (χ0) is 22.1. The van der Waals surface area contributed by atoms with E-state index < -0.39 is 17.8 Å². The molecule has 0 fully saturated rings. The lowest BCUT2D eigenvalue weighted by Gasteiger charge is -2.39. The monoisotopic (exact) mass is 437 g/mol. The second kappa shape index (κ2) is 8.71. The van der Waals surface area contributed by atoms with E-state index in [1.165, 1.54) is 4.88 Å². The van der Waals surface area contributed by atoms with Crippen molar-refractivity contribution in [3.63, 3.8) is 0 Å². The van der Waals surface area contributed by atoms with Crippen LogP contribution in [0, 0.1) is 5.92 Å². The predicted molar refractivity (Wildman–Crippen MR) is 121 cm³/mol. The van der Waals surface area contributed by atoms with Gasteiger partial charge in [0.15, 0.2) is 0 Å². The summed E-state index contributed by atoms with van der Waals surface area (Å²) in [6, 6.07) is 11.7. The summed E-state index contributed by atoms with van der Waals surface area (Å²) in [4.78, 5) is 27.8. The minimum Gasteiger partial charge on any atom is -0.496 e. The molecule has 2 heterocycles. The Morgan fingerprint density at radius 1 is 1.16 bits per heavy atom. The molecule has 31 heavy (non-hydrogen) atoms. The Bertz CT molecular complexity index is 1050. The molecule has 0 amide bonds. The summed E-state index contributed by atoms with van der Waals surface area (Å²) >= 11 is 1.66. The van der Waals surface area contributed by atoms with E-state index in [0.717, 1.165) is 11.3 Å². The van der Waals surface area contributed by atoms with Gasteiger partial charge in [0, 0.05) is 40.1 Å². The van der Waals surface area contributed by atoms with Crippen LogP contribution in [-0.2, 0) is 14.3 Å². The number of carbonyl (C=O) groups excluding carboxylic acids is 2. The number of ketones is 1. The van der Waals surface area contributed by atoms with E-state index in [2.05, 4.69) is 17.5 Å². The molecule has 4 rings (SSSR count). The van der Waals surface area contributed by atoms with Crippen LogP contribution < -0.4 is 10.1 Å². The molecule has 1 aromatic carbocycles. The van der Waals surface area contributed by atoms with Crippen molar-refractivity contribution in [3.8, 4) is 5.75 Å². The first kappa shape index (κ1) is 21.4. The fourth-order valence-electron chi connectivity index (χ4n) is 4.57. The highest BCUT2D eigenvalue weighted by Gasteiger charge is 2.46. The van der Waals surface area contributed by atoms with Gasteiger partial charge in [-0.1, -0.05) is 30.3 Å². The average molecular weight is 438 g/mol. The van der Waals surface area contributed by atoms with Crippen LogP contribution >= 0.6 is 11.3 Å².